The molecule has 0 saturated heterocycles. The lowest BCUT2D eigenvalue weighted by atomic mass is 10.1. The third kappa shape index (κ3) is 2.45. The molecule has 0 saturated carbocycles. The Kier molecular flexibility index (Phi) is 3.74. The van der Waals surface area contributed by atoms with E-state index >= 15 is 0 Å². The Hall–Kier alpha value is -1.78. The molecule has 1 unspecified atom stereocenters. The summed E-state index contributed by atoms with van der Waals surface area (Å²) in [6, 6.07) is 13.7. The zero-order valence-electron chi connectivity index (χ0n) is 11.8. The first-order valence-electron chi connectivity index (χ1n) is 6.64. The number of imidazole rings is 1. The zero-order valence-corrected chi connectivity index (χ0v) is 13.3. The molecule has 21 heavy (non-hydrogen) atoms. The predicted octanol–water partition coefficient (Wildman–Crippen LogP) is 4.97. The molecule has 1 atom stereocenters. The van der Waals surface area contributed by atoms with Crippen molar-refractivity contribution in [3.8, 4) is 5.75 Å². The predicted molar refractivity (Wildman–Crippen MR) is 88.9 cm³/mol. The second-order valence-corrected chi connectivity index (χ2v) is 5.67. The van der Waals surface area contributed by atoms with Gasteiger partial charge >= 0.3 is 0 Å². The lowest BCUT2D eigenvalue weighted by Gasteiger charge is -2.16. The van der Waals surface area contributed by atoms with Gasteiger partial charge in [-0.25, -0.2) is 0 Å². The minimum Gasteiger partial charge on any atom is -0.497 e. The number of hydrogen-bond donors (Lipinski definition) is 1. The van der Waals surface area contributed by atoms with E-state index in [-0.39, 0.29) is 6.04 Å². The Morgan fingerprint density at radius 3 is 2.71 bits per heavy atom. The summed E-state index contributed by atoms with van der Waals surface area (Å²) in [6.45, 7) is 2.09. The Balaban J connectivity index is 2.22. The maximum Gasteiger partial charge on any atom is 0.178 e. The second-order valence-electron chi connectivity index (χ2n) is 4.88. The molecule has 0 fully saturated rings. The summed E-state index contributed by atoms with van der Waals surface area (Å²) in [5, 5.41) is 0.740. The maximum atomic E-state index is 6.32. The number of aromatic amines is 1. The number of fused-ring (bicyclic) bond motifs is 1. The molecule has 0 radical (unpaired) electrons. The van der Waals surface area contributed by atoms with E-state index in [9.17, 15) is 0 Å². The molecule has 0 amide bonds. The largest absolute Gasteiger partial charge is 0.497 e. The summed E-state index contributed by atoms with van der Waals surface area (Å²) in [5.41, 5.74) is 3.03. The molecule has 108 valence electrons. The first-order valence-corrected chi connectivity index (χ1v) is 7.43. The number of hydrogen-bond acceptors (Lipinski definition) is 2. The van der Waals surface area contributed by atoms with E-state index in [0.717, 1.165) is 27.4 Å². The topological polar surface area (TPSA) is 29.9 Å². The van der Waals surface area contributed by atoms with E-state index < -0.39 is 0 Å². The van der Waals surface area contributed by atoms with E-state index in [0.29, 0.717) is 4.77 Å². The lowest BCUT2D eigenvalue weighted by molar-refractivity contribution is 0.415. The van der Waals surface area contributed by atoms with Gasteiger partial charge in [-0.15, -0.1) is 0 Å². The standard InChI is InChI=1S/C16H15ClN2OS/c1-10(12-5-3-4-6-13(12)17)19-15-9-11(20-2)7-8-14(15)18-16(19)21/h3-10H,1-2H3,(H,18,21). The number of nitrogens with zero attached hydrogens (tertiary/aromatic N) is 1. The van der Waals surface area contributed by atoms with Gasteiger partial charge in [0.2, 0.25) is 0 Å². The van der Waals surface area contributed by atoms with Crippen LogP contribution in [0.4, 0.5) is 0 Å². The molecule has 0 aliphatic rings. The smallest absolute Gasteiger partial charge is 0.178 e. The maximum absolute atomic E-state index is 6.32. The normalized spacial score (nSPS) is 12.5. The van der Waals surface area contributed by atoms with Crippen LogP contribution in [0.1, 0.15) is 18.5 Å². The molecule has 2 aromatic carbocycles. The quantitative estimate of drug-likeness (QED) is 0.691. The van der Waals surface area contributed by atoms with Gasteiger partial charge in [-0.1, -0.05) is 29.8 Å². The molecule has 1 N–H and O–H groups in total. The number of benzene rings is 2. The van der Waals surface area contributed by atoms with Crippen LogP contribution >= 0.6 is 23.8 Å². The third-order valence-corrected chi connectivity index (χ3v) is 4.31. The van der Waals surface area contributed by atoms with Crippen molar-refractivity contribution in [2.45, 2.75) is 13.0 Å². The first kappa shape index (κ1) is 14.2. The number of H-pyrrole nitrogens is 1. The van der Waals surface area contributed by atoms with Gasteiger partial charge in [-0.3, -0.25) is 0 Å². The number of ether oxygens (including phenoxy) is 1. The van der Waals surface area contributed by atoms with Crippen LogP contribution in [0.25, 0.3) is 11.0 Å². The van der Waals surface area contributed by atoms with E-state index in [2.05, 4.69) is 16.5 Å². The summed E-state index contributed by atoms with van der Waals surface area (Å²) in [4.78, 5) is 3.23. The highest BCUT2D eigenvalue weighted by Gasteiger charge is 2.15. The minimum atomic E-state index is 0.0343. The van der Waals surface area contributed by atoms with Gasteiger partial charge < -0.3 is 14.3 Å². The highest BCUT2D eigenvalue weighted by molar-refractivity contribution is 7.71. The van der Waals surface area contributed by atoms with Crippen molar-refractivity contribution in [2.24, 2.45) is 0 Å². The van der Waals surface area contributed by atoms with E-state index in [1.165, 1.54) is 0 Å². The summed E-state index contributed by atoms with van der Waals surface area (Å²) in [7, 11) is 1.66. The van der Waals surface area contributed by atoms with Crippen LogP contribution in [-0.4, -0.2) is 16.7 Å². The van der Waals surface area contributed by atoms with Crippen LogP contribution < -0.4 is 4.74 Å². The van der Waals surface area contributed by atoms with Gasteiger partial charge in [-0.2, -0.15) is 0 Å². The van der Waals surface area contributed by atoms with Crippen molar-refractivity contribution in [1.29, 1.82) is 0 Å². The highest BCUT2D eigenvalue weighted by atomic mass is 35.5. The third-order valence-electron chi connectivity index (χ3n) is 3.67. The van der Waals surface area contributed by atoms with E-state index in [4.69, 9.17) is 28.6 Å². The monoisotopic (exact) mass is 318 g/mol. The Morgan fingerprint density at radius 2 is 2.00 bits per heavy atom. The van der Waals surface area contributed by atoms with Gasteiger partial charge in [0.1, 0.15) is 5.75 Å². The van der Waals surface area contributed by atoms with Crippen LogP contribution in [0, 0.1) is 4.77 Å². The first-order chi connectivity index (χ1) is 10.1. The van der Waals surface area contributed by atoms with Crippen molar-refractivity contribution >= 4 is 34.9 Å². The fourth-order valence-electron chi connectivity index (χ4n) is 2.57. The SMILES string of the molecule is COc1ccc2[nH]c(=S)n(C(C)c3ccccc3Cl)c2c1. The molecular weight excluding hydrogens is 304 g/mol. The van der Waals surface area contributed by atoms with Crippen LogP contribution in [0.5, 0.6) is 5.75 Å². The number of methoxy groups -OCH3 is 1. The van der Waals surface area contributed by atoms with Gasteiger partial charge in [0.15, 0.2) is 4.77 Å². The summed E-state index contributed by atoms with van der Waals surface area (Å²) in [6.07, 6.45) is 0. The average molecular weight is 319 g/mol. The van der Waals surface area contributed by atoms with Gasteiger partial charge in [-0.05, 0) is 42.9 Å². The summed E-state index contributed by atoms with van der Waals surface area (Å²) >= 11 is 11.8. The van der Waals surface area contributed by atoms with Gasteiger partial charge in [0.25, 0.3) is 0 Å². The lowest BCUT2D eigenvalue weighted by Crippen LogP contribution is -2.07. The highest BCUT2D eigenvalue weighted by Crippen LogP contribution is 2.30. The van der Waals surface area contributed by atoms with E-state index in [1.54, 1.807) is 7.11 Å². The van der Waals surface area contributed by atoms with E-state index in [1.807, 2.05) is 42.5 Å². The van der Waals surface area contributed by atoms with Crippen molar-refractivity contribution < 1.29 is 4.74 Å². The van der Waals surface area contributed by atoms with Gasteiger partial charge in [0, 0.05) is 11.1 Å². The Labute approximate surface area is 133 Å². The minimum absolute atomic E-state index is 0.0343. The van der Waals surface area contributed by atoms with Gasteiger partial charge in [0.05, 0.1) is 24.2 Å². The fourth-order valence-corrected chi connectivity index (χ4v) is 3.23. The summed E-state index contributed by atoms with van der Waals surface area (Å²) in [5.74, 6) is 0.802. The molecule has 0 bridgehead atoms. The number of halogens is 1. The molecule has 0 spiro atoms. The van der Waals surface area contributed by atoms with Crippen molar-refractivity contribution in [3.63, 3.8) is 0 Å². The second kappa shape index (κ2) is 5.54. The van der Waals surface area contributed by atoms with Crippen molar-refractivity contribution in [2.75, 3.05) is 7.11 Å². The van der Waals surface area contributed by atoms with Crippen LogP contribution in [0.2, 0.25) is 5.02 Å². The molecule has 3 rings (SSSR count). The van der Waals surface area contributed by atoms with Crippen LogP contribution in [-0.2, 0) is 0 Å². The molecule has 0 aliphatic heterocycles. The Bertz CT molecular complexity index is 853. The number of nitrogens with one attached hydrogen (secondary N) is 1. The van der Waals surface area contributed by atoms with Crippen molar-refractivity contribution in [3.05, 3.63) is 57.8 Å². The zero-order chi connectivity index (χ0) is 15.0. The molecule has 3 aromatic rings. The summed E-state index contributed by atoms with van der Waals surface area (Å²) < 4.78 is 8.04. The molecule has 0 aliphatic carbocycles. The number of rotatable bonds is 3. The van der Waals surface area contributed by atoms with Crippen LogP contribution in [0.15, 0.2) is 42.5 Å². The average Bonchev–Trinajstić information content (AvgIpc) is 2.81. The molecule has 1 heterocycles. The molecule has 5 heteroatoms. The fraction of sp³-hybridized carbons (Fsp3) is 0.188. The molecule has 1 aromatic heterocycles. The molecule has 3 nitrogen and oxygen atoms in total. The van der Waals surface area contributed by atoms with Crippen LogP contribution in [0.3, 0.4) is 0 Å². The van der Waals surface area contributed by atoms with Crippen molar-refractivity contribution in [1.82, 2.24) is 9.55 Å². The number of aromatic nitrogens is 2. The Morgan fingerprint density at radius 1 is 1.24 bits per heavy atom. The molecular formula is C16H15ClN2OS.